The molecule has 1 aliphatic heterocycles. The fourth-order valence-electron chi connectivity index (χ4n) is 3.51. The third kappa shape index (κ3) is 5.59. The third-order valence-electron chi connectivity index (χ3n) is 5.22. The van der Waals surface area contributed by atoms with Gasteiger partial charge < -0.3 is 15.8 Å². The number of nitrogens with one attached hydrogen (secondary N) is 1. The van der Waals surface area contributed by atoms with Gasteiger partial charge in [0.15, 0.2) is 0 Å². The first-order chi connectivity index (χ1) is 14.4. The Morgan fingerprint density at radius 2 is 1.80 bits per heavy atom. The molecule has 1 saturated heterocycles. The van der Waals surface area contributed by atoms with Gasteiger partial charge in [-0.15, -0.1) is 0 Å². The highest BCUT2D eigenvalue weighted by molar-refractivity contribution is 5.91. The van der Waals surface area contributed by atoms with Crippen LogP contribution >= 0.6 is 0 Å². The number of aryl methyl sites for hydroxylation is 1. The number of carbonyl (C=O) groups is 3. The van der Waals surface area contributed by atoms with Crippen molar-refractivity contribution in [2.24, 2.45) is 5.73 Å². The first-order valence-electron chi connectivity index (χ1n) is 10.1. The molecule has 7 nitrogen and oxygen atoms in total. The lowest BCUT2D eigenvalue weighted by atomic mass is 10.0. The molecule has 3 amide bonds. The average Bonchev–Trinajstić information content (AvgIpc) is 3.24. The quantitative estimate of drug-likeness (QED) is 0.733. The number of nitrogens with two attached hydrogens (primary N) is 1. The van der Waals surface area contributed by atoms with Gasteiger partial charge >= 0.3 is 6.09 Å². The normalized spacial score (nSPS) is 16.7. The number of carbonyl (C=O) groups excluding carboxylic acids is 3. The van der Waals surface area contributed by atoms with Crippen molar-refractivity contribution < 1.29 is 19.1 Å². The summed E-state index contributed by atoms with van der Waals surface area (Å²) >= 11 is 0. The summed E-state index contributed by atoms with van der Waals surface area (Å²) in [5.41, 5.74) is 8.39. The van der Waals surface area contributed by atoms with Crippen LogP contribution in [0.2, 0.25) is 0 Å². The summed E-state index contributed by atoms with van der Waals surface area (Å²) in [6.45, 7) is 2.55. The van der Waals surface area contributed by atoms with Crippen LogP contribution in [0.1, 0.15) is 29.5 Å². The van der Waals surface area contributed by atoms with E-state index in [0.717, 1.165) is 16.7 Å². The van der Waals surface area contributed by atoms with Crippen LogP contribution in [0.5, 0.6) is 0 Å². The van der Waals surface area contributed by atoms with Gasteiger partial charge in [0.1, 0.15) is 18.7 Å². The molecular weight excluding hydrogens is 382 g/mol. The molecule has 1 aliphatic rings. The smallest absolute Gasteiger partial charge is 0.410 e. The highest BCUT2D eigenvalue weighted by Gasteiger charge is 2.36. The average molecular weight is 409 g/mol. The predicted octanol–water partition coefficient (Wildman–Crippen LogP) is 2.31. The van der Waals surface area contributed by atoms with Crippen LogP contribution in [0.4, 0.5) is 4.79 Å². The van der Waals surface area contributed by atoms with E-state index in [-0.39, 0.29) is 12.5 Å². The van der Waals surface area contributed by atoms with Crippen LogP contribution in [0.15, 0.2) is 54.6 Å². The van der Waals surface area contributed by atoms with Crippen LogP contribution < -0.4 is 11.1 Å². The number of benzene rings is 2. The molecule has 158 valence electrons. The Bertz CT molecular complexity index is 883. The van der Waals surface area contributed by atoms with E-state index < -0.39 is 24.1 Å². The number of hydrogen-bond donors (Lipinski definition) is 2. The molecule has 0 spiro atoms. The van der Waals surface area contributed by atoms with Crippen molar-refractivity contribution in [3.05, 3.63) is 71.3 Å². The Balaban J connectivity index is 1.59. The SMILES string of the molecule is Cc1ccc(C[C@H](NC(=O)[C@H]2CCCN2C(=O)OCc2ccccc2)C(N)=O)cc1. The van der Waals surface area contributed by atoms with Crippen LogP contribution in [-0.2, 0) is 27.4 Å². The molecular formula is C23H27N3O4. The van der Waals surface area contributed by atoms with E-state index in [4.69, 9.17) is 10.5 Å². The van der Waals surface area contributed by atoms with Crippen LogP contribution in [-0.4, -0.2) is 41.4 Å². The molecule has 3 rings (SSSR count). The van der Waals surface area contributed by atoms with Gasteiger partial charge in [0.25, 0.3) is 0 Å². The Labute approximate surface area is 176 Å². The maximum atomic E-state index is 12.8. The Kier molecular flexibility index (Phi) is 7.06. The zero-order chi connectivity index (χ0) is 21.5. The van der Waals surface area contributed by atoms with Crippen molar-refractivity contribution >= 4 is 17.9 Å². The lowest BCUT2D eigenvalue weighted by Gasteiger charge is -2.25. The minimum Gasteiger partial charge on any atom is -0.445 e. The summed E-state index contributed by atoms with van der Waals surface area (Å²) in [5.74, 6) is -1.000. The number of amides is 3. The van der Waals surface area contributed by atoms with Crippen molar-refractivity contribution in [1.29, 1.82) is 0 Å². The summed E-state index contributed by atoms with van der Waals surface area (Å²) < 4.78 is 5.37. The number of likely N-dealkylation sites (tertiary alicyclic amines) is 1. The van der Waals surface area contributed by atoms with Gasteiger partial charge in [-0.2, -0.15) is 0 Å². The molecule has 3 N–H and O–H groups in total. The maximum absolute atomic E-state index is 12.8. The Morgan fingerprint density at radius 3 is 2.47 bits per heavy atom. The first-order valence-corrected chi connectivity index (χ1v) is 10.1. The highest BCUT2D eigenvalue weighted by Crippen LogP contribution is 2.19. The minimum atomic E-state index is -0.844. The van der Waals surface area contributed by atoms with Crippen LogP contribution in [0.25, 0.3) is 0 Å². The lowest BCUT2D eigenvalue weighted by molar-refractivity contribution is -0.130. The van der Waals surface area contributed by atoms with Crippen molar-refractivity contribution in [2.45, 2.75) is 44.9 Å². The molecule has 0 saturated carbocycles. The number of nitrogens with zero attached hydrogens (tertiary/aromatic N) is 1. The van der Waals surface area contributed by atoms with E-state index in [9.17, 15) is 14.4 Å². The molecule has 2 aromatic rings. The van der Waals surface area contributed by atoms with E-state index in [1.54, 1.807) is 0 Å². The monoisotopic (exact) mass is 409 g/mol. The van der Waals surface area contributed by atoms with Gasteiger partial charge in [0, 0.05) is 13.0 Å². The molecule has 1 fully saturated rings. The summed E-state index contributed by atoms with van der Waals surface area (Å²) in [6.07, 6.45) is 0.970. The number of hydrogen-bond acceptors (Lipinski definition) is 4. The predicted molar refractivity (Wildman–Crippen MR) is 112 cm³/mol. The maximum Gasteiger partial charge on any atom is 0.410 e. The highest BCUT2D eigenvalue weighted by atomic mass is 16.6. The minimum absolute atomic E-state index is 0.141. The summed E-state index contributed by atoms with van der Waals surface area (Å²) in [4.78, 5) is 38.7. The van der Waals surface area contributed by atoms with Gasteiger partial charge in [-0.1, -0.05) is 60.2 Å². The van der Waals surface area contributed by atoms with E-state index in [1.807, 2.05) is 61.5 Å². The zero-order valence-corrected chi connectivity index (χ0v) is 17.0. The molecule has 0 aromatic heterocycles. The Hall–Kier alpha value is -3.35. The topological polar surface area (TPSA) is 102 Å². The zero-order valence-electron chi connectivity index (χ0n) is 17.0. The fourth-order valence-corrected chi connectivity index (χ4v) is 3.51. The third-order valence-corrected chi connectivity index (χ3v) is 5.22. The van der Waals surface area contributed by atoms with Gasteiger partial charge in [-0.25, -0.2) is 4.79 Å². The van der Waals surface area contributed by atoms with Gasteiger partial charge in [0.2, 0.25) is 11.8 Å². The Morgan fingerprint density at radius 1 is 1.10 bits per heavy atom. The van der Waals surface area contributed by atoms with Crippen molar-refractivity contribution in [3.8, 4) is 0 Å². The van der Waals surface area contributed by atoms with Gasteiger partial charge in [-0.05, 0) is 30.9 Å². The first kappa shape index (κ1) is 21.4. The molecule has 2 aromatic carbocycles. The number of primary amides is 1. The van der Waals surface area contributed by atoms with Gasteiger partial charge in [-0.3, -0.25) is 14.5 Å². The summed E-state index contributed by atoms with van der Waals surface area (Å²) in [7, 11) is 0. The molecule has 1 heterocycles. The van der Waals surface area contributed by atoms with E-state index in [1.165, 1.54) is 4.90 Å². The molecule has 30 heavy (non-hydrogen) atoms. The standard InChI is InChI=1S/C23H27N3O4/c1-16-9-11-17(12-10-16)14-19(21(24)27)25-22(28)20-8-5-13-26(20)23(29)30-15-18-6-3-2-4-7-18/h2-4,6-7,9-12,19-20H,5,8,13-15H2,1H3,(H2,24,27)(H,25,28)/t19-,20+/m0/s1. The second-order valence-corrected chi connectivity index (χ2v) is 7.54. The van der Waals surface area contributed by atoms with Crippen LogP contribution in [0, 0.1) is 6.92 Å². The fraction of sp³-hybridized carbons (Fsp3) is 0.348. The number of ether oxygens (including phenoxy) is 1. The van der Waals surface area contributed by atoms with Crippen LogP contribution in [0.3, 0.4) is 0 Å². The van der Waals surface area contributed by atoms with E-state index >= 15 is 0 Å². The molecule has 0 aliphatic carbocycles. The summed E-state index contributed by atoms with van der Waals surface area (Å²) in [6, 6.07) is 15.5. The summed E-state index contributed by atoms with van der Waals surface area (Å²) in [5, 5.41) is 2.72. The van der Waals surface area contributed by atoms with Crippen molar-refractivity contribution in [1.82, 2.24) is 10.2 Å². The van der Waals surface area contributed by atoms with E-state index in [0.29, 0.717) is 25.8 Å². The van der Waals surface area contributed by atoms with Gasteiger partial charge in [0.05, 0.1) is 0 Å². The molecule has 2 atom stereocenters. The second-order valence-electron chi connectivity index (χ2n) is 7.54. The number of rotatable bonds is 7. The van der Waals surface area contributed by atoms with Crippen molar-refractivity contribution in [3.63, 3.8) is 0 Å². The van der Waals surface area contributed by atoms with E-state index in [2.05, 4.69) is 5.32 Å². The largest absolute Gasteiger partial charge is 0.445 e. The second kappa shape index (κ2) is 9.91. The molecule has 0 bridgehead atoms. The molecule has 7 heteroatoms. The van der Waals surface area contributed by atoms with Crippen molar-refractivity contribution in [2.75, 3.05) is 6.54 Å². The lowest BCUT2D eigenvalue weighted by Crippen LogP contribution is -2.53. The molecule has 0 unspecified atom stereocenters. The molecule has 0 radical (unpaired) electrons.